The second kappa shape index (κ2) is 5.48. The van der Waals surface area contributed by atoms with Crippen LogP contribution in [0.25, 0.3) is 0 Å². The van der Waals surface area contributed by atoms with Crippen molar-refractivity contribution >= 4 is 5.91 Å². The number of carbonyl (C=O) groups is 1. The molecule has 0 spiro atoms. The maximum Gasteiger partial charge on any atom is 0.276 e. The van der Waals surface area contributed by atoms with Crippen LogP contribution >= 0.6 is 0 Å². The van der Waals surface area contributed by atoms with Crippen molar-refractivity contribution in [1.82, 2.24) is 19.9 Å². The molecular formula is C12H21N5O. The molecule has 2 atom stereocenters. The molecule has 6 heteroatoms. The first-order valence-electron chi connectivity index (χ1n) is 6.56. The minimum Gasteiger partial charge on any atom is -0.332 e. The molecule has 18 heavy (non-hydrogen) atoms. The highest BCUT2D eigenvalue weighted by Crippen LogP contribution is 2.23. The van der Waals surface area contributed by atoms with Gasteiger partial charge >= 0.3 is 0 Å². The van der Waals surface area contributed by atoms with Gasteiger partial charge in [0.05, 0.1) is 12.7 Å². The van der Waals surface area contributed by atoms with Crippen molar-refractivity contribution < 1.29 is 4.79 Å². The number of aromatic nitrogens is 3. The summed E-state index contributed by atoms with van der Waals surface area (Å²) in [7, 11) is 0. The predicted octanol–water partition coefficient (Wildman–Crippen LogP) is 0.640. The lowest BCUT2D eigenvalue weighted by Crippen LogP contribution is -2.47. The zero-order valence-corrected chi connectivity index (χ0v) is 11.0. The molecular weight excluding hydrogens is 230 g/mol. The Bertz CT molecular complexity index is 406. The molecule has 2 rings (SSSR count). The number of hydrogen-bond donors (Lipinski definition) is 1. The van der Waals surface area contributed by atoms with Gasteiger partial charge in [0.15, 0.2) is 5.69 Å². The molecule has 1 aliphatic rings. The van der Waals surface area contributed by atoms with Crippen molar-refractivity contribution in [2.24, 2.45) is 5.73 Å². The summed E-state index contributed by atoms with van der Waals surface area (Å²) in [6, 6.07) is 0.557. The van der Waals surface area contributed by atoms with Crippen LogP contribution in [0, 0.1) is 0 Å². The zero-order valence-electron chi connectivity index (χ0n) is 11.0. The van der Waals surface area contributed by atoms with E-state index in [0.717, 1.165) is 12.8 Å². The maximum absolute atomic E-state index is 12.4. The van der Waals surface area contributed by atoms with Gasteiger partial charge in [-0.1, -0.05) is 5.21 Å². The summed E-state index contributed by atoms with van der Waals surface area (Å²) in [5.74, 6) is -0.0158. The Morgan fingerprint density at radius 2 is 2.11 bits per heavy atom. The molecule has 0 radical (unpaired) electrons. The Morgan fingerprint density at radius 3 is 2.72 bits per heavy atom. The van der Waals surface area contributed by atoms with Crippen LogP contribution in [0.4, 0.5) is 0 Å². The Hall–Kier alpha value is -1.43. The van der Waals surface area contributed by atoms with Gasteiger partial charge in [-0.25, -0.2) is 0 Å². The van der Waals surface area contributed by atoms with Gasteiger partial charge in [-0.2, -0.15) is 0 Å². The average molecular weight is 251 g/mol. The molecule has 1 aromatic rings. The van der Waals surface area contributed by atoms with Gasteiger partial charge in [0.2, 0.25) is 0 Å². The van der Waals surface area contributed by atoms with Crippen molar-refractivity contribution in [2.75, 3.05) is 6.54 Å². The van der Waals surface area contributed by atoms with E-state index >= 15 is 0 Å². The van der Waals surface area contributed by atoms with Crippen LogP contribution in [0.2, 0.25) is 0 Å². The lowest BCUT2D eigenvalue weighted by Gasteiger charge is -2.38. The number of piperidine rings is 1. The first-order valence-corrected chi connectivity index (χ1v) is 6.56. The van der Waals surface area contributed by atoms with Gasteiger partial charge in [0.1, 0.15) is 0 Å². The topological polar surface area (TPSA) is 77.0 Å². The average Bonchev–Trinajstić information content (AvgIpc) is 2.78. The Morgan fingerprint density at radius 1 is 1.44 bits per heavy atom. The van der Waals surface area contributed by atoms with Crippen molar-refractivity contribution in [3.63, 3.8) is 0 Å². The fraction of sp³-hybridized carbons (Fsp3) is 0.750. The summed E-state index contributed by atoms with van der Waals surface area (Å²) in [5.41, 5.74) is 5.87. The predicted molar refractivity (Wildman–Crippen MR) is 68.0 cm³/mol. The van der Waals surface area contributed by atoms with Gasteiger partial charge in [0.25, 0.3) is 5.91 Å². The maximum atomic E-state index is 12.4. The first kappa shape index (κ1) is 13.0. The minimum absolute atomic E-state index is 0.0158. The van der Waals surface area contributed by atoms with Crippen molar-refractivity contribution in [1.29, 1.82) is 0 Å². The summed E-state index contributed by atoms with van der Waals surface area (Å²) in [5, 5.41) is 7.86. The molecule has 1 aromatic heterocycles. The summed E-state index contributed by atoms with van der Waals surface area (Å²) in [4.78, 5) is 14.3. The summed E-state index contributed by atoms with van der Waals surface area (Å²) in [6.45, 7) is 5.27. The number of carbonyl (C=O) groups excluding carboxylic acids is 1. The summed E-state index contributed by atoms with van der Waals surface area (Å²) < 4.78 is 1.62. The minimum atomic E-state index is -0.0158. The molecule has 6 nitrogen and oxygen atoms in total. The van der Waals surface area contributed by atoms with Gasteiger partial charge in [-0.15, -0.1) is 5.10 Å². The van der Waals surface area contributed by atoms with E-state index in [9.17, 15) is 4.79 Å². The quantitative estimate of drug-likeness (QED) is 0.855. The highest BCUT2D eigenvalue weighted by molar-refractivity contribution is 5.92. The van der Waals surface area contributed by atoms with Gasteiger partial charge in [-0.3, -0.25) is 9.48 Å². The normalized spacial score (nSPS) is 24.3. The van der Waals surface area contributed by atoms with Crippen LogP contribution in [0.5, 0.6) is 0 Å². The van der Waals surface area contributed by atoms with E-state index in [2.05, 4.69) is 24.2 Å². The van der Waals surface area contributed by atoms with Crippen molar-refractivity contribution in [2.45, 2.75) is 51.7 Å². The molecule has 0 aromatic carbocycles. The van der Waals surface area contributed by atoms with Crippen LogP contribution in [-0.2, 0) is 6.54 Å². The first-order chi connectivity index (χ1) is 8.63. The number of hydrogen-bond acceptors (Lipinski definition) is 4. The van der Waals surface area contributed by atoms with Crippen LogP contribution < -0.4 is 5.73 Å². The second-order valence-corrected chi connectivity index (χ2v) is 5.00. The second-order valence-electron chi connectivity index (χ2n) is 5.00. The third kappa shape index (κ3) is 2.53. The van der Waals surface area contributed by atoms with E-state index in [1.807, 2.05) is 4.90 Å². The Kier molecular flexibility index (Phi) is 3.96. The van der Waals surface area contributed by atoms with Gasteiger partial charge in [-0.05, 0) is 33.1 Å². The number of nitrogens with two attached hydrogens (primary N) is 1. The van der Waals surface area contributed by atoms with Crippen LogP contribution in [0.1, 0.15) is 43.6 Å². The third-order valence-electron chi connectivity index (χ3n) is 3.54. The molecule has 0 aliphatic carbocycles. The van der Waals surface area contributed by atoms with Gasteiger partial charge in [0, 0.05) is 18.6 Å². The number of amides is 1. The van der Waals surface area contributed by atoms with E-state index in [1.54, 1.807) is 10.9 Å². The lowest BCUT2D eigenvalue weighted by molar-refractivity contribution is 0.0504. The van der Waals surface area contributed by atoms with Crippen LogP contribution in [-0.4, -0.2) is 44.4 Å². The molecule has 1 saturated heterocycles. The molecule has 1 fully saturated rings. The van der Waals surface area contributed by atoms with Crippen LogP contribution in [0.15, 0.2) is 6.20 Å². The van der Waals surface area contributed by atoms with E-state index in [-0.39, 0.29) is 18.0 Å². The fourth-order valence-electron chi connectivity index (χ4n) is 2.59. The number of likely N-dealkylation sites (tertiary alicyclic amines) is 1. The van der Waals surface area contributed by atoms with E-state index in [4.69, 9.17) is 5.73 Å². The van der Waals surface area contributed by atoms with Crippen molar-refractivity contribution in [3.8, 4) is 0 Å². The van der Waals surface area contributed by atoms with Crippen LogP contribution in [0.3, 0.4) is 0 Å². The number of rotatable bonds is 3. The van der Waals surface area contributed by atoms with Crippen molar-refractivity contribution in [3.05, 3.63) is 11.9 Å². The smallest absolute Gasteiger partial charge is 0.276 e. The molecule has 1 aliphatic heterocycles. The van der Waals surface area contributed by atoms with E-state index in [1.165, 1.54) is 6.42 Å². The van der Waals surface area contributed by atoms with E-state index in [0.29, 0.717) is 18.8 Å². The molecule has 0 bridgehead atoms. The number of nitrogens with zero attached hydrogens (tertiary/aromatic N) is 4. The zero-order chi connectivity index (χ0) is 13.1. The highest BCUT2D eigenvalue weighted by Gasteiger charge is 2.30. The summed E-state index contributed by atoms with van der Waals surface area (Å²) >= 11 is 0. The standard InChI is InChI=1S/C12H21N5O/c1-9-4-3-5-10(2)17(9)12(18)11-8-16(7-6-13)15-14-11/h8-10H,3-7,13H2,1-2H3. The molecule has 100 valence electrons. The molecule has 2 unspecified atom stereocenters. The lowest BCUT2D eigenvalue weighted by atomic mass is 9.97. The third-order valence-corrected chi connectivity index (χ3v) is 3.54. The molecule has 2 N–H and O–H groups in total. The van der Waals surface area contributed by atoms with Gasteiger partial charge < -0.3 is 10.6 Å². The molecule has 2 heterocycles. The Balaban J connectivity index is 2.13. The SMILES string of the molecule is CC1CCCC(C)N1C(=O)c1cn(CCN)nn1. The van der Waals surface area contributed by atoms with E-state index < -0.39 is 0 Å². The monoisotopic (exact) mass is 251 g/mol. The Labute approximate surface area is 107 Å². The largest absolute Gasteiger partial charge is 0.332 e. The fourth-order valence-corrected chi connectivity index (χ4v) is 2.59. The highest BCUT2D eigenvalue weighted by atomic mass is 16.2. The molecule has 1 amide bonds. The summed E-state index contributed by atoms with van der Waals surface area (Å²) in [6.07, 6.45) is 5.00. The molecule has 0 saturated carbocycles.